The molecule has 1 aliphatic heterocycles. The second-order valence-electron chi connectivity index (χ2n) is 6.73. The Balaban J connectivity index is 1.83. The van der Waals surface area contributed by atoms with Gasteiger partial charge in [-0.05, 0) is 58.7 Å². The molecule has 4 heteroatoms. The zero-order valence-corrected chi connectivity index (χ0v) is 12.4. The largest absolute Gasteiger partial charge is 0.295 e. The molecule has 2 aromatic rings. The van der Waals surface area contributed by atoms with Gasteiger partial charge in [0, 0.05) is 6.42 Å². The smallest absolute Gasteiger partial charge is 0.242 e. The Labute approximate surface area is 132 Å². The van der Waals surface area contributed by atoms with E-state index in [2.05, 4.69) is 17.4 Å². The minimum Gasteiger partial charge on any atom is -0.295 e. The van der Waals surface area contributed by atoms with Crippen molar-refractivity contribution >= 4 is 11.8 Å². The molecule has 0 bridgehead atoms. The van der Waals surface area contributed by atoms with E-state index >= 15 is 0 Å². The lowest BCUT2D eigenvalue weighted by Crippen LogP contribution is -2.35. The quantitative estimate of drug-likeness (QED) is 0.823. The summed E-state index contributed by atoms with van der Waals surface area (Å²) >= 11 is 0. The van der Waals surface area contributed by atoms with Gasteiger partial charge in [0.05, 0.1) is 0 Å². The number of benzene rings is 2. The van der Waals surface area contributed by atoms with Crippen LogP contribution in [0.3, 0.4) is 0 Å². The Morgan fingerprint density at radius 2 is 1.70 bits per heavy atom. The summed E-state index contributed by atoms with van der Waals surface area (Å²) in [6.45, 7) is 0. The van der Waals surface area contributed by atoms with E-state index in [1.165, 1.54) is 30.5 Å². The maximum absolute atomic E-state index is 13.8. The lowest BCUT2D eigenvalue weighted by atomic mass is 9.76. The fourth-order valence-electron chi connectivity index (χ4n) is 4.10. The number of imide groups is 1. The highest BCUT2D eigenvalue weighted by atomic mass is 19.1. The van der Waals surface area contributed by atoms with Crippen LogP contribution in [0.2, 0.25) is 0 Å². The normalized spacial score (nSPS) is 24.7. The monoisotopic (exact) mass is 307 g/mol. The molecular weight excluding hydrogens is 293 g/mol. The molecule has 2 fully saturated rings. The van der Waals surface area contributed by atoms with E-state index in [0.29, 0.717) is 11.5 Å². The Kier molecular flexibility index (Phi) is 2.30. The molecule has 1 saturated carbocycles. The highest BCUT2D eigenvalue weighted by molar-refractivity contribution is 6.14. The summed E-state index contributed by atoms with van der Waals surface area (Å²) in [5, 5.41) is 2.41. The van der Waals surface area contributed by atoms with Crippen molar-refractivity contribution in [1.82, 2.24) is 5.32 Å². The maximum Gasteiger partial charge on any atom is 0.242 e. The molecule has 1 atom stereocenters. The third kappa shape index (κ3) is 1.58. The van der Waals surface area contributed by atoms with Crippen LogP contribution in [0.1, 0.15) is 41.9 Å². The number of carbonyl (C=O) groups excluding carboxylic acids is 2. The first-order valence-electron chi connectivity index (χ1n) is 7.89. The van der Waals surface area contributed by atoms with Crippen LogP contribution in [0.25, 0.3) is 11.1 Å². The van der Waals surface area contributed by atoms with E-state index in [0.717, 1.165) is 16.7 Å². The molecule has 1 N–H and O–H groups in total. The van der Waals surface area contributed by atoms with Gasteiger partial charge in [-0.2, -0.15) is 0 Å². The number of carbonyl (C=O) groups is 2. The molecule has 1 saturated heterocycles. The summed E-state index contributed by atoms with van der Waals surface area (Å²) in [5.41, 5.74) is 3.41. The number of fused-ring (bicyclic) bond motifs is 5. The van der Waals surface area contributed by atoms with Crippen molar-refractivity contribution < 1.29 is 14.0 Å². The Morgan fingerprint density at radius 3 is 2.35 bits per heavy atom. The average molecular weight is 307 g/mol. The molecule has 2 aliphatic carbocycles. The average Bonchev–Trinajstić information content (AvgIpc) is 3.28. The summed E-state index contributed by atoms with van der Waals surface area (Å²) in [5.74, 6) is -0.459. The molecule has 1 unspecified atom stereocenters. The van der Waals surface area contributed by atoms with Gasteiger partial charge in [0.2, 0.25) is 11.8 Å². The van der Waals surface area contributed by atoms with Gasteiger partial charge in [0.1, 0.15) is 11.2 Å². The Morgan fingerprint density at radius 1 is 1.00 bits per heavy atom. The SMILES string of the molecule is O=C1CC2(C(=O)N1)c1cc(F)ccc1-c1ccc(C3CC3)cc12. The van der Waals surface area contributed by atoms with Crippen molar-refractivity contribution in [3.63, 3.8) is 0 Å². The van der Waals surface area contributed by atoms with Gasteiger partial charge < -0.3 is 0 Å². The molecule has 0 aromatic heterocycles. The fraction of sp³-hybridized carbons (Fsp3) is 0.263. The van der Waals surface area contributed by atoms with Crippen LogP contribution in [0.15, 0.2) is 36.4 Å². The maximum atomic E-state index is 13.8. The van der Waals surface area contributed by atoms with Gasteiger partial charge in [-0.15, -0.1) is 0 Å². The third-order valence-electron chi connectivity index (χ3n) is 5.35. The van der Waals surface area contributed by atoms with Crippen LogP contribution in [-0.4, -0.2) is 11.8 Å². The summed E-state index contributed by atoms with van der Waals surface area (Å²) in [6.07, 6.45) is 2.39. The van der Waals surface area contributed by atoms with E-state index in [1.807, 2.05) is 6.07 Å². The van der Waals surface area contributed by atoms with Gasteiger partial charge in [0.25, 0.3) is 0 Å². The first-order valence-corrected chi connectivity index (χ1v) is 7.89. The number of halogens is 1. The standard InChI is InChI=1S/C19H14FNO2/c20-12-4-6-14-13-5-3-11(10-1-2-10)7-15(13)19(16(14)8-12)9-17(22)21-18(19)23/h3-8,10H,1-2,9H2,(H,21,22,23). The molecule has 2 aromatic carbocycles. The second kappa shape index (κ2) is 4.07. The number of nitrogens with one attached hydrogen (secondary N) is 1. The molecule has 3 aliphatic rings. The zero-order chi connectivity index (χ0) is 15.8. The van der Waals surface area contributed by atoms with Gasteiger partial charge in [-0.1, -0.05) is 24.3 Å². The van der Waals surface area contributed by atoms with Crippen LogP contribution in [0, 0.1) is 5.82 Å². The predicted octanol–water partition coefficient (Wildman–Crippen LogP) is 3.02. The third-order valence-corrected chi connectivity index (χ3v) is 5.35. The van der Waals surface area contributed by atoms with Crippen molar-refractivity contribution in [2.75, 3.05) is 0 Å². The summed E-state index contributed by atoms with van der Waals surface area (Å²) < 4.78 is 13.8. The van der Waals surface area contributed by atoms with Crippen LogP contribution in [-0.2, 0) is 15.0 Å². The number of hydrogen-bond donors (Lipinski definition) is 1. The number of rotatable bonds is 1. The first kappa shape index (κ1) is 13.0. The topological polar surface area (TPSA) is 46.2 Å². The van der Waals surface area contributed by atoms with Gasteiger partial charge >= 0.3 is 0 Å². The molecule has 2 amide bonds. The van der Waals surface area contributed by atoms with E-state index < -0.39 is 5.41 Å². The van der Waals surface area contributed by atoms with Crippen molar-refractivity contribution in [3.8, 4) is 11.1 Å². The summed E-state index contributed by atoms with van der Waals surface area (Å²) in [7, 11) is 0. The van der Waals surface area contributed by atoms with Crippen molar-refractivity contribution in [2.24, 2.45) is 0 Å². The molecular formula is C19H14FNO2. The molecule has 114 valence electrons. The minimum absolute atomic E-state index is 0.0589. The number of hydrogen-bond acceptors (Lipinski definition) is 2. The first-order chi connectivity index (χ1) is 11.1. The lowest BCUT2D eigenvalue weighted by Gasteiger charge is -2.22. The van der Waals surface area contributed by atoms with Crippen molar-refractivity contribution in [1.29, 1.82) is 0 Å². The van der Waals surface area contributed by atoms with Crippen molar-refractivity contribution in [3.05, 3.63) is 58.9 Å². The summed E-state index contributed by atoms with van der Waals surface area (Å²) in [4.78, 5) is 24.6. The molecule has 3 nitrogen and oxygen atoms in total. The summed E-state index contributed by atoms with van der Waals surface area (Å²) in [6, 6.07) is 10.7. The molecule has 1 heterocycles. The molecule has 5 rings (SSSR count). The molecule has 1 spiro atoms. The van der Waals surface area contributed by atoms with Crippen molar-refractivity contribution in [2.45, 2.75) is 30.6 Å². The fourth-order valence-corrected chi connectivity index (χ4v) is 4.10. The predicted molar refractivity (Wildman–Crippen MR) is 82.4 cm³/mol. The Bertz CT molecular complexity index is 900. The molecule has 0 radical (unpaired) electrons. The van der Waals surface area contributed by atoms with Gasteiger partial charge in [-0.25, -0.2) is 4.39 Å². The van der Waals surface area contributed by atoms with Gasteiger partial charge in [-0.3, -0.25) is 14.9 Å². The van der Waals surface area contributed by atoms with Crippen LogP contribution >= 0.6 is 0 Å². The van der Waals surface area contributed by atoms with Gasteiger partial charge in [0.15, 0.2) is 0 Å². The van der Waals surface area contributed by atoms with Crippen LogP contribution in [0.5, 0.6) is 0 Å². The van der Waals surface area contributed by atoms with E-state index in [1.54, 1.807) is 6.07 Å². The second-order valence-corrected chi connectivity index (χ2v) is 6.73. The Hall–Kier alpha value is -2.49. The number of amides is 2. The van der Waals surface area contributed by atoms with E-state index in [-0.39, 0.29) is 24.1 Å². The molecule has 23 heavy (non-hydrogen) atoms. The van der Waals surface area contributed by atoms with E-state index in [9.17, 15) is 14.0 Å². The van der Waals surface area contributed by atoms with Crippen LogP contribution < -0.4 is 5.32 Å². The lowest BCUT2D eigenvalue weighted by molar-refractivity contribution is -0.125. The highest BCUT2D eigenvalue weighted by Crippen LogP contribution is 2.54. The van der Waals surface area contributed by atoms with E-state index in [4.69, 9.17) is 0 Å². The zero-order valence-electron chi connectivity index (χ0n) is 12.4. The highest BCUT2D eigenvalue weighted by Gasteiger charge is 2.55. The minimum atomic E-state index is -1.06. The van der Waals surface area contributed by atoms with Crippen LogP contribution in [0.4, 0.5) is 4.39 Å².